The summed E-state index contributed by atoms with van der Waals surface area (Å²) in [5.41, 5.74) is -1.02. The fraction of sp³-hybridized carbons (Fsp3) is 0.167. The van der Waals surface area contributed by atoms with Crippen LogP contribution in [-0.4, -0.2) is 9.78 Å². The molecule has 0 aliphatic heterocycles. The van der Waals surface area contributed by atoms with E-state index in [1.54, 1.807) is 18.2 Å². The molecule has 3 nitrogen and oxygen atoms in total. The Hall–Kier alpha value is -2.00. The molecule has 0 aliphatic rings. The van der Waals surface area contributed by atoms with Crippen molar-refractivity contribution in [2.45, 2.75) is 12.6 Å². The predicted molar refractivity (Wildman–Crippen MR) is 62.9 cm³/mol. The Morgan fingerprint density at radius 3 is 2.58 bits per heavy atom. The molecular weight excluding hydrogens is 279 g/mol. The molecule has 2 aromatic rings. The molecule has 1 heterocycles. The van der Waals surface area contributed by atoms with Crippen LogP contribution in [0, 0.1) is 11.3 Å². The normalized spacial score (nSPS) is 11.3. The largest absolute Gasteiger partial charge is 0.433 e. The first-order chi connectivity index (χ1) is 8.95. The lowest BCUT2D eigenvalue weighted by Crippen LogP contribution is -2.15. The number of alkyl halides is 3. The third kappa shape index (κ3) is 2.56. The van der Waals surface area contributed by atoms with E-state index in [0.717, 1.165) is 10.9 Å². The third-order valence-corrected chi connectivity index (χ3v) is 2.78. The first kappa shape index (κ1) is 13.4. The quantitative estimate of drug-likeness (QED) is 0.846. The van der Waals surface area contributed by atoms with Crippen LogP contribution in [0.1, 0.15) is 11.3 Å². The van der Waals surface area contributed by atoms with Crippen LogP contribution in [0.15, 0.2) is 30.5 Å². The van der Waals surface area contributed by atoms with Crippen molar-refractivity contribution in [2.24, 2.45) is 0 Å². The van der Waals surface area contributed by atoms with Crippen molar-refractivity contribution in [3.8, 4) is 11.8 Å². The smallest absolute Gasteiger partial charge is 0.227 e. The number of para-hydroxylation sites is 1. The van der Waals surface area contributed by atoms with Gasteiger partial charge in [0.1, 0.15) is 0 Å². The van der Waals surface area contributed by atoms with Crippen molar-refractivity contribution in [3.05, 3.63) is 46.7 Å². The number of nitrogens with zero attached hydrogens (tertiary/aromatic N) is 3. The van der Waals surface area contributed by atoms with Gasteiger partial charge in [-0.25, -0.2) is 4.68 Å². The maximum atomic E-state index is 13.1. The van der Waals surface area contributed by atoms with Crippen LogP contribution in [0.3, 0.4) is 0 Å². The number of halogens is 4. The van der Waals surface area contributed by atoms with E-state index in [0.29, 0.717) is 0 Å². The molecule has 0 N–H and O–H groups in total. The zero-order valence-electron chi connectivity index (χ0n) is 9.45. The SMILES string of the molecule is N#CCc1cnn(-c2ccccc2Cl)c1C(F)(F)F. The molecule has 0 radical (unpaired) electrons. The molecule has 0 aliphatic carbocycles. The highest BCUT2D eigenvalue weighted by atomic mass is 35.5. The maximum Gasteiger partial charge on any atom is 0.433 e. The Morgan fingerprint density at radius 1 is 1.32 bits per heavy atom. The van der Waals surface area contributed by atoms with Gasteiger partial charge in [0, 0.05) is 5.56 Å². The Kier molecular flexibility index (Phi) is 3.49. The summed E-state index contributed by atoms with van der Waals surface area (Å²) in [6, 6.07) is 7.77. The highest BCUT2D eigenvalue weighted by Crippen LogP contribution is 2.35. The molecule has 1 aromatic carbocycles. The number of nitriles is 1. The number of hydrogen-bond donors (Lipinski definition) is 0. The van der Waals surface area contributed by atoms with E-state index in [9.17, 15) is 13.2 Å². The summed E-state index contributed by atoms with van der Waals surface area (Å²) in [5, 5.41) is 12.4. The van der Waals surface area contributed by atoms with Gasteiger partial charge in [0.2, 0.25) is 0 Å². The molecule has 2 rings (SSSR count). The van der Waals surface area contributed by atoms with Crippen molar-refractivity contribution in [1.29, 1.82) is 5.26 Å². The molecule has 19 heavy (non-hydrogen) atoms. The molecule has 0 fully saturated rings. The average Bonchev–Trinajstić information content (AvgIpc) is 2.73. The van der Waals surface area contributed by atoms with Crippen molar-refractivity contribution in [2.75, 3.05) is 0 Å². The molecule has 98 valence electrons. The summed E-state index contributed by atoms with van der Waals surface area (Å²) in [4.78, 5) is 0. The van der Waals surface area contributed by atoms with Gasteiger partial charge in [0.05, 0.1) is 29.4 Å². The number of rotatable bonds is 2. The molecule has 1 aromatic heterocycles. The van der Waals surface area contributed by atoms with E-state index < -0.39 is 11.9 Å². The summed E-state index contributed by atoms with van der Waals surface area (Å²) in [5.74, 6) is 0. The monoisotopic (exact) mass is 285 g/mol. The molecule has 0 bridgehead atoms. The predicted octanol–water partition coefficient (Wildman–Crippen LogP) is 3.61. The molecular formula is C12H7ClF3N3. The summed E-state index contributed by atoms with van der Waals surface area (Å²) >= 11 is 5.87. The minimum absolute atomic E-state index is 0.126. The van der Waals surface area contributed by atoms with Gasteiger partial charge in [-0.2, -0.15) is 23.5 Å². The van der Waals surface area contributed by atoms with Crippen molar-refractivity contribution in [1.82, 2.24) is 9.78 Å². The van der Waals surface area contributed by atoms with Crippen molar-refractivity contribution < 1.29 is 13.2 Å². The first-order valence-electron chi connectivity index (χ1n) is 5.21. The van der Waals surface area contributed by atoms with Crippen LogP contribution < -0.4 is 0 Å². The molecule has 0 saturated carbocycles. The summed E-state index contributed by atoms with van der Waals surface area (Å²) in [6.07, 6.45) is -3.93. The van der Waals surface area contributed by atoms with Crippen LogP contribution >= 0.6 is 11.6 Å². The van der Waals surface area contributed by atoms with E-state index in [1.807, 2.05) is 0 Å². The molecule has 0 saturated heterocycles. The highest BCUT2D eigenvalue weighted by Gasteiger charge is 2.38. The topological polar surface area (TPSA) is 41.6 Å². The Morgan fingerprint density at radius 2 is 2.00 bits per heavy atom. The second kappa shape index (κ2) is 4.94. The summed E-state index contributed by atoms with van der Waals surface area (Å²) in [6.45, 7) is 0. The molecule has 0 spiro atoms. The van der Waals surface area contributed by atoms with Crippen LogP contribution in [0.5, 0.6) is 0 Å². The number of aromatic nitrogens is 2. The second-order valence-corrected chi connectivity index (χ2v) is 4.12. The van der Waals surface area contributed by atoms with Gasteiger partial charge in [0.25, 0.3) is 0 Å². The minimum atomic E-state index is -4.61. The Labute approximate surface area is 111 Å². The number of hydrogen-bond acceptors (Lipinski definition) is 2. The lowest BCUT2D eigenvalue weighted by molar-refractivity contribution is -0.143. The van der Waals surface area contributed by atoms with Gasteiger partial charge in [-0.05, 0) is 12.1 Å². The van der Waals surface area contributed by atoms with Gasteiger partial charge in [-0.3, -0.25) is 0 Å². The highest BCUT2D eigenvalue weighted by molar-refractivity contribution is 6.32. The lowest BCUT2D eigenvalue weighted by atomic mass is 10.2. The van der Waals surface area contributed by atoms with Crippen LogP contribution in [0.4, 0.5) is 13.2 Å². The fourth-order valence-corrected chi connectivity index (χ4v) is 1.92. The average molecular weight is 286 g/mol. The van der Waals surface area contributed by atoms with Gasteiger partial charge in [-0.15, -0.1) is 0 Å². The fourth-order valence-electron chi connectivity index (χ4n) is 1.71. The van der Waals surface area contributed by atoms with Crippen LogP contribution in [0.2, 0.25) is 5.02 Å². The third-order valence-electron chi connectivity index (χ3n) is 2.46. The van der Waals surface area contributed by atoms with Crippen molar-refractivity contribution >= 4 is 11.6 Å². The summed E-state index contributed by atoms with van der Waals surface area (Å²) in [7, 11) is 0. The second-order valence-electron chi connectivity index (χ2n) is 3.71. The van der Waals surface area contributed by atoms with Gasteiger partial charge >= 0.3 is 6.18 Å². The zero-order valence-corrected chi connectivity index (χ0v) is 10.2. The van der Waals surface area contributed by atoms with Gasteiger partial charge < -0.3 is 0 Å². The lowest BCUT2D eigenvalue weighted by Gasteiger charge is -2.12. The standard InChI is InChI=1S/C12H7ClF3N3/c13-9-3-1-2-4-10(9)19-11(12(14,15)16)8(5-6-17)7-18-19/h1-4,7H,5H2. The minimum Gasteiger partial charge on any atom is -0.227 e. The van der Waals surface area contributed by atoms with E-state index in [2.05, 4.69) is 5.10 Å². The Balaban J connectivity index is 2.66. The molecule has 0 atom stereocenters. The van der Waals surface area contributed by atoms with E-state index in [1.165, 1.54) is 12.1 Å². The van der Waals surface area contributed by atoms with Gasteiger partial charge in [0.15, 0.2) is 5.69 Å². The van der Waals surface area contributed by atoms with Crippen molar-refractivity contribution in [3.63, 3.8) is 0 Å². The van der Waals surface area contributed by atoms with E-state index >= 15 is 0 Å². The van der Waals surface area contributed by atoms with E-state index in [4.69, 9.17) is 16.9 Å². The van der Waals surface area contributed by atoms with Gasteiger partial charge in [-0.1, -0.05) is 23.7 Å². The Bertz CT molecular complexity index is 640. The summed E-state index contributed by atoms with van der Waals surface area (Å²) < 4.78 is 39.9. The van der Waals surface area contributed by atoms with E-state index in [-0.39, 0.29) is 22.7 Å². The maximum absolute atomic E-state index is 13.1. The van der Waals surface area contributed by atoms with Crippen LogP contribution in [0.25, 0.3) is 5.69 Å². The molecule has 7 heteroatoms. The molecule has 0 unspecified atom stereocenters. The first-order valence-corrected chi connectivity index (χ1v) is 5.59. The zero-order chi connectivity index (χ0) is 14.0. The van der Waals surface area contributed by atoms with Crippen LogP contribution in [-0.2, 0) is 12.6 Å². The number of benzene rings is 1. The molecule has 0 amide bonds.